The molecule has 1 amide bonds. The quantitative estimate of drug-likeness (QED) is 0.373. The van der Waals surface area contributed by atoms with Crippen molar-refractivity contribution >= 4 is 27.4 Å². The van der Waals surface area contributed by atoms with Crippen molar-refractivity contribution in [2.75, 3.05) is 5.32 Å². The SMILES string of the molecule is Cc1ccc([N+](=O)[O-])cc1S(=O)(=O)Oc1ccc(C(=O)Nc2ccccc2)cc1. The number of nitrogens with zero attached hydrogens (tertiary/aromatic N) is 1. The molecule has 0 saturated heterocycles. The van der Waals surface area contributed by atoms with E-state index in [0.717, 1.165) is 6.07 Å². The van der Waals surface area contributed by atoms with E-state index in [1.807, 2.05) is 6.07 Å². The predicted molar refractivity (Wildman–Crippen MR) is 106 cm³/mol. The number of amides is 1. The minimum absolute atomic E-state index is 0.0211. The van der Waals surface area contributed by atoms with Gasteiger partial charge in [-0.15, -0.1) is 0 Å². The summed E-state index contributed by atoms with van der Waals surface area (Å²) in [5, 5.41) is 13.6. The van der Waals surface area contributed by atoms with E-state index in [2.05, 4.69) is 5.32 Å². The lowest BCUT2D eigenvalue weighted by atomic mass is 10.2. The van der Waals surface area contributed by atoms with Crippen LogP contribution in [-0.2, 0) is 10.1 Å². The van der Waals surface area contributed by atoms with Crippen LogP contribution < -0.4 is 9.50 Å². The van der Waals surface area contributed by atoms with Gasteiger partial charge in [-0.05, 0) is 48.9 Å². The first-order chi connectivity index (χ1) is 13.8. The zero-order valence-electron chi connectivity index (χ0n) is 15.2. The molecule has 3 rings (SSSR count). The van der Waals surface area contributed by atoms with E-state index in [0.29, 0.717) is 16.8 Å². The maximum atomic E-state index is 12.5. The Kier molecular flexibility index (Phi) is 5.60. The van der Waals surface area contributed by atoms with E-state index in [9.17, 15) is 23.3 Å². The van der Waals surface area contributed by atoms with Crippen molar-refractivity contribution in [1.29, 1.82) is 0 Å². The second-order valence-corrected chi connectivity index (χ2v) is 7.60. The van der Waals surface area contributed by atoms with Crippen molar-refractivity contribution in [3.63, 3.8) is 0 Å². The molecule has 0 unspecified atom stereocenters. The number of para-hydroxylation sites is 1. The first-order valence-corrected chi connectivity index (χ1v) is 9.83. The van der Waals surface area contributed by atoms with Gasteiger partial charge in [0.15, 0.2) is 0 Å². The molecule has 0 radical (unpaired) electrons. The van der Waals surface area contributed by atoms with Crippen molar-refractivity contribution < 1.29 is 22.3 Å². The van der Waals surface area contributed by atoms with Crippen LogP contribution in [0.1, 0.15) is 15.9 Å². The number of non-ortho nitro benzene ring substituents is 1. The Morgan fingerprint density at radius 2 is 1.66 bits per heavy atom. The summed E-state index contributed by atoms with van der Waals surface area (Å²) in [5.41, 5.74) is 0.895. The van der Waals surface area contributed by atoms with Crippen LogP contribution in [0.25, 0.3) is 0 Å². The average Bonchev–Trinajstić information content (AvgIpc) is 2.69. The van der Waals surface area contributed by atoms with Crippen LogP contribution in [0.15, 0.2) is 77.7 Å². The van der Waals surface area contributed by atoms with E-state index in [4.69, 9.17) is 4.18 Å². The monoisotopic (exact) mass is 412 g/mol. The summed E-state index contributed by atoms with van der Waals surface area (Å²) in [7, 11) is -4.29. The molecule has 0 aliphatic heterocycles. The van der Waals surface area contributed by atoms with Gasteiger partial charge in [0.2, 0.25) is 0 Å². The Hall–Kier alpha value is -3.72. The standard InChI is InChI=1S/C20H16N2O6S/c1-14-7-10-17(22(24)25)13-19(14)29(26,27)28-18-11-8-15(9-12-18)20(23)21-16-5-3-2-4-6-16/h2-13H,1H3,(H,21,23). The third-order valence-corrected chi connectivity index (χ3v) is 5.40. The lowest BCUT2D eigenvalue weighted by Crippen LogP contribution is -2.13. The van der Waals surface area contributed by atoms with Crippen molar-refractivity contribution in [2.45, 2.75) is 11.8 Å². The Balaban J connectivity index is 1.78. The normalized spacial score (nSPS) is 10.9. The number of hydrogen-bond donors (Lipinski definition) is 1. The molecule has 0 heterocycles. The van der Waals surface area contributed by atoms with E-state index >= 15 is 0 Å². The molecule has 0 aliphatic rings. The molecule has 8 nitrogen and oxygen atoms in total. The summed E-state index contributed by atoms with van der Waals surface area (Å²) in [5.74, 6) is -0.382. The summed E-state index contributed by atoms with van der Waals surface area (Å²) in [6.07, 6.45) is 0. The van der Waals surface area contributed by atoms with Crippen molar-refractivity contribution in [3.8, 4) is 5.75 Å². The number of carbonyl (C=O) groups excluding carboxylic acids is 1. The number of carbonyl (C=O) groups is 1. The van der Waals surface area contributed by atoms with Gasteiger partial charge in [0, 0.05) is 23.4 Å². The van der Waals surface area contributed by atoms with E-state index in [1.54, 1.807) is 24.3 Å². The molecule has 0 bridgehead atoms. The van der Waals surface area contributed by atoms with Crippen molar-refractivity contribution in [2.24, 2.45) is 0 Å². The molecular weight excluding hydrogens is 396 g/mol. The summed E-state index contributed by atoms with van der Waals surface area (Å²) in [6, 6.07) is 17.9. The zero-order chi connectivity index (χ0) is 21.0. The smallest absolute Gasteiger partial charge is 0.339 e. The summed E-state index contributed by atoms with van der Waals surface area (Å²) in [6.45, 7) is 1.51. The Bertz CT molecular complexity index is 1160. The van der Waals surface area contributed by atoms with Crippen molar-refractivity contribution in [3.05, 3.63) is 94.0 Å². The molecule has 3 aromatic carbocycles. The third-order valence-electron chi connectivity index (χ3n) is 4.01. The molecule has 148 valence electrons. The average molecular weight is 412 g/mol. The van der Waals surface area contributed by atoms with Crippen LogP contribution >= 0.6 is 0 Å². The lowest BCUT2D eigenvalue weighted by Gasteiger charge is -2.10. The van der Waals surface area contributed by atoms with Crippen LogP contribution in [0, 0.1) is 17.0 Å². The molecule has 0 spiro atoms. The molecule has 1 N–H and O–H groups in total. The molecule has 0 atom stereocenters. The number of nitro benzene ring substituents is 1. The highest BCUT2D eigenvalue weighted by Crippen LogP contribution is 2.25. The first-order valence-electron chi connectivity index (χ1n) is 8.42. The topological polar surface area (TPSA) is 116 Å². The third kappa shape index (κ3) is 4.77. The molecule has 0 aromatic heterocycles. The first kappa shape index (κ1) is 20.0. The van der Waals surface area contributed by atoms with E-state index in [-0.39, 0.29) is 22.2 Å². The predicted octanol–water partition coefficient (Wildman–Crippen LogP) is 3.92. The number of benzene rings is 3. The Morgan fingerprint density at radius 3 is 2.28 bits per heavy atom. The highest BCUT2D eigenvalue weighted by atomic mass is 32.2. The van der Waals surface area contributed by atoms with Crippen LogP contribution in [0.4, 0.5) is 11.4 Å². The summed E-state index contributed by atoms with van der Waals surface area (Å²) >= 11 is 0. The molecule has 0 saturated carbocycles. The largest absolute Gasteiger partial charge is 0.379 e. The van der Waals surface area contributed by atoms with E-state index in [1.165, 1.54) is 43.3 Å². The fourth-order valence-electron chi connectivity index (χ4n) is 2.53. The van der Waals surface area contributed by atoms with Gasteiger partial charge in [0.1, 0.15) is 10.6 Å². The molecule has 9 heteroatoms. The zero-order valence-corrected chi connectivity index (χ0v) is 16.0. The van der Waals surface area contributed by atoms with Crippen LogP contribution in [0.5, 0.6) is 5.75 Å². The molecule has 0 aliphatic carbocycles. The van der Waals surface area contributed by atoms with Gasteiger partial charge < -0.3 is 9.50 Å². The van der Waals surface area contributed by atoms with Gasteiger partial charge >= 0.3 is 10.1 Å². The maximum Gasteiger partial charge on any atom is 0.339 e. The molecule has 3 aromatic rings. The van der Waals surface area contributed by atoms with Gasteiger partial charge in [-0.1, -0.05) is 24.3 Å². The minimum Gasteiger partial charge on any atom is -0.379 e. The van der Waals surface area contributed by atoms with Crippen molar-refractivity contribution in [1.82, 2.24) is 0 Å². The highest BCUT2D eigenvalue weighted by molar-refractivity contribution is 7.87. The fourth-order valence-corrected chi connectivity index (χ4v) is 3.71. The highest BCUT2D eigenvalue weighted by Gasteiger charge is 2.23. The van der Waals surface area contributed by atoms with E-state index < -0.39 is 15.0 Å². The van der Waals surface area contributed by atoms with Crippen LogP contribution in [0.2, 0.25) is 0 Å². The molecule has 29 heavy (non-hydrogen) atoms. The molecular formula is C20H16N2O6S. The Morgan fingerprint density at radius 1 is 1.00 bits per heavy atom. The fraction of sp³-hybridized carbons (Fsp3) is 0.0500. The number of nitrogens with one attached hydrogen (secondary N) is 1. The second kappa shape index (κ2) is 8.11. The lowest BCUT2D eigenvalue weighted by molar-refractivity contribution is -0.385. The van der Waals surface area contributed by atoms with Gasteiger partial charge in [-0.2, -0.15) is 8.42 Å². The second-order valence-electron chi connectivity index (χ2n) is 6.09. The summed E-state index contributed by atoms with van der Waals surface area (Å²) in [4.78, 5) is 22.2. The van der Waals surface area contributed by atoms with Gasteiger partial charge in [-0.25, -0.2) is 0 Å². The molecule has 0 fully saturated rings. The Labute approximate surface area is 167 Å². The minimum atomic E-state index is -4.29. The summed E-state index contributed by atoms with van der Waals surface area (Å²) < 4.78 is 30.1. The number of rotatable bonds is 6. The van der Waals surface area contributed by atoms with Crippen LogP contribution in [0.3, 0.4) is 0 Å². The van der Waals surface area contributed by atoms with Gasteiger partial charge in [0.25, 0.3) is 11.6 Å². The van der Waals surface area contributed by atoms with Crippen LogP contribution in [-0.4, -0.2) is 19.2 Å². The number of hydrogen-bond acceptors (Lipinski definition) is 6. The van der Waals surface area contributed by atoms with Gasteiger partial charge in [-0.3, -0.25) is 14.9 Å². The number of aryl methyl sites for hydroxylation is 1. The van der Waals surface area contributed by atoms with Gasteiger partial charge in [0.05, 0.1) is 4.92 Å². The number of anilines is 1. The maximum absolute atomic E-state index is 12.5. The number of nitro groups is 1.